The minimum absolute atomic E-state index is 0.0323. The van der Waals surface area contributed by atoms with E-state index < -0.39 is 0 Å². The zero-order valence-electron chi connectivity index (χ0n) is 16.4. The van der Waals surface area contributed by atoms with E-state index in [0.717, 1.165) is 26.7 Å². The topological polar surface area (TPSA) is 29.1 Å². The van der Waals surface area contributed by atoms with Gasteiger partial charge in [-0.25, -0.2) is 0 Å². The molecule has 3 heteroatoms. The quantitative estimate of drug-likeness (QED) is 0.260. The van der Waals surface area contributed by atoms with Crippen LogP contribution in [-0.2, 0) is 0 Å². The lowest BCUT2D eigenvalue weighted by atomic mass is 10.1. The van der Waals surface area contributed by atoms with E-state index >= 15 is 0 Å². The van der Waals surface area contributed by atoms with Crippen molar-refractivity contribution in [2.24, 2.45) is 0 Å². The third kappa shape index (κ3) is 5.07. The first kappa shape index (κ1) is 19.7. The Morgan fingerprint density at radius 3 is 1.83 bits per heavy atom. The molecule has 0 radical (unpaired) electrons. The van der Waals surface area contributed by atoms with Crippen LogP contribution in [0.15, 0.2) is 131 Å². The van der Waals surface area contributed by atoms with Crippen molar-refractivity contribution in [3.63, 3.8) is 0 Å². The molecule has 0 atom stereocenters. The highest BCUT2D eigenvalue weighted by Crippen LogP contribution is 2.34. The second kappa shape index (κ2) is 9.77. The van der Waals surface area contributed by atoms with Crippen molar-refractivity contribution in [1.82, 2.24) is 0 Å². The normalized spacial score (nSPS) is 11.1. The molecule has 0 bridgehead atoms. The number of hydrogen-bond acceptors (Lipinski definition) is 3. The molecule has 0 saturated carbocycles. The Kier molecular flexibility index (Phi) is 6.43. The maximum atomic E-state index is 12.9. The van der Waals surface area contributed by atoms with E-state index in [1.54, 1.807) is 17.8 Å². The first-order valence-corrected chi connectivity index (χ1v) is 10.6. The van der Waals surface area contributed by atoms with Crippen LogP contribution in [0.3, 0.4) is 0 Å². The zero-order valence-corrected chi connectivity index (χ0v) is 17.2. The molecule has 0 heterocycles. The van der Waals surface area contributed by atoms with Crippen LogP contribution < -0.4 is 5.32 Å². The summed E-state index contributed by atoms with van der Waals surface area (Å²) in [6.45, 7) is 0. The Labute approximate surface area is 181 Å². The number of ketones is 1. The minimum Gasteiger partial charge on any atom is -0.354 e. The van der Waals surface area contributed by atoms with Crippen LogP contribution in [0, 0.1) is 0 Å². The van der Waals surface area contributed by atoms with Crippen molar-refractivity contribution < 1.29 is 4.79 Å². The van der Waals surface area contributed by atoms with Gasteiger partial charge in [0.25, 0.3) is 0 Å². The number of hydrogen-bond donors (Lipinski definition) is 1. The van der Waals surface area contributed by atoms with Crippen molar-refractivity contribution in [1.29, 1.82) is 0 Å². The van der Waals surface area contributed by atoms with Crippen molar-refractivity contribution >= 4 is 28.9 Å². The van der Waals surface area contributed by atoms with Gasteiger partial charge in [-0.05, 0) is 29.8 Å². The Morgan fingerprint density at radius 1 is 0.633 bits per heavy atom. The van der Waals surface area contributed by atoms with E-state index in [9.17, 15) is 4.79 Å². The maximum absolute atomic E-state index is 12.9. The van der Waals surface area contributed by atoms with Gasteiger partial charge in [0.2, 0.25) is 0 Å². The number of anilines is 1. The number of benzene rings is 4. The maximum Gasteiger partial charge on any atom is 0.187 e. The molecule has 0 fully saturated rings. The Hall–Kier alpha value is -3.56. The molecule has 146 valence electrons. The van der Waals surface area contributed by atoms with Gasteiger partial charge in [-0.1, -0.05) is 103 Å². The Morgan fingerprint density at radius 2 is 1.17 bits per heavy atom. The van der Waals surface area contributed by atoms with Crippen molar-refractivity contribution in [3.05, 3.63) is 132 Å². The molecule has 4 aromatic rings. The van der Waals surface area contributed by atoms with Gasteiger partial charge >= 0.3 is 0 Å². The van der Waals surface area contributed by atoms with Crippen LogP contribution in [0.1, 0.15) is 15.9 Å². The minimum atomic E-state index is -0.0323. The smallest absolute Gasteiger partial charge is 0.187 e. The van der Waals surface area contributed by atoms with E-state index in [2.05, 4.69) is 23.5 Å². The van der Waals surface area contributed by atoms with Crippen LogP contribution in [-0.4, -0.2) is 5.78 Å². The van der Waals surface area contributed by atoms with E-state index in [1.165, 1.54) is 0 Å². The molecule has 1 N–H and O–H groups in total. The highest BCUT2D eigenvalue weighted by atomic mass is 32.2. The number of carbonyl (C=O) groups excluding carboxylic acids is 1. The standard InChI is InChI=1S/C27H21NOS/c29-26(22-14-6-2-7-15-22)20-25(21-12-4-1-5-13-21)28-24-18-10-11-19-27(24)30-23-16-8-3-9-17-23/h1-20,28H. The number of carbonyl (C=O) groups is 1. The molecule has 30 heavy (non-hydrogen) atoms. The Balaban J connectivity index is 1.68. The molecule has 0 aliphatic rings. The fraction of sp³-hybridized carbons (Fsp3) is 0. The van der Waals surface area contributed by atoms with Gasteiger partial charge in [0.05, 0.1) is 5.69 Å². The third-order valence-corrected chi connectivity index (χ3v) is 5.63. The van der Waals surface area contributed by atoms with Gasteiger partial charge in [0.15, 0.2) is 5.78 Å². The first-order chi connectivity index (χ1) is 14.8. The van der Waals surface area contributed by atoms with Gasteiger partial charge in [-0.3, -0.25) is 4.79 Å². The lowest BCUT2D eigenvalue weighted by Crippen LogP contribution is -2.04. The number of rotatable bonds is 7. The van der Waals surface area contributed by atoms with Crippen molar-refractivity contribution in [3.8, 4) is 0 Å². The van der Waals surface area contributed by atoms with Gasteiger partial charge < -0.3 is 5.32 Å². The summed E-state index contributed by atoms with van der Waals surface area (Å²) in [4.78, 5) is 15.1. The predicted octanol–water partition coefficient (Wildman–Crippen LogP) is 7.17. The van der Waals surface area contributed by atoms with Gasteiger partial charge in [0, 0.05) is 27.1 Å². The second-order valence-electron chi connectivity index (χ2n) is 6.69. The SMILES string of the molecule is O=C(C=C(Nc1ccccc1Sc1ccccc1)c1ccccc1)c1ccccc1. The molecule has 0 aliphatic heterocycles. The average molecular weight is 408 g/mol. The van der Waals surface area contributed by atoms with Gasteiger partial charge in [-0.15, -0.1) is 0 Å². The molecular weight excluding hydrogens is 386 g/mol. The summed E-state index contributed by atoms with van der Waals surface area (Å²) in [5.41, 5.74) is 3.36. The van der Waals surface area contributed by atoms with E-state index in [1.807, 2.05) is 97.1 Å². The number of allylic oxidation sites excluding steroid dienone is 1. The monoisotopic (exact) mass is 407 g/mol. The largest absolute Gasteiger partial charge is 0.354 e. The molecule has 0 amide bonds. The summed E-state index contributed by atoms with van der Waals surface area (Å²) in [5.74, 6) is -0.0323. The zero-order chi connectivity index (χ0) is 20.6. The lowest BCUT2D eigenvalue weighted by molar-refractivity contribution is 0.104. The fourth-order valence-corrected chi connectivity index (χ4v) is 3.97. The second-order valence-corrected chi connectivity index (χ2v) is 7.81. The van der Waals surface area contributed by atoms with Gasteiger partial charge in [0.1, 0.15) is 0 Å². The summed E-state index contributed by atoms with van der Waals surface area (Å²) < 4.78 is 0. The predicted molar refractivity (Wildman–Crippen MR) is 126 cm³/mol. The van der Waals surface area contributed by atoms with Crippen LogP contribution >= 0.6 is 11.8 Å². The first-order valence-electron chi connectivity index (χ1n) is 9.75. The molecule has 0 saturated heterocycles. The molecule has 0 spiro atoms. The van der Waals surface area contributed by atoms with Crippen LogP contribution in [0.2, 0.25) is 0 Å². The average Bonchev–Trinajstić information content (AvgIpc) is 2.81. The highest BCUT2D eigenvalue weighted by Gasteiger charge is 2.10. The van der Waals surface area contributed by atoms with Crippen molar-refractivity contribution in [2.45, 2.75) is 9.79 Å². The van der Waals surface area contributed by atoms with Crippen LogP contribution in [0.5, 0.6) is 0 Å². The summed E-state index contributed by atoms with van der Waals surface area (Å²) in [6, 6.07) is 37.7. The van der Waals surface area contributed by atoms with E-state index in [-0.39, 0.29) is 5.78 Å². The van der Waals surface area contributed by atoms with Crippen LogP contribution in [0.4, 0.5) is 5.69 Å². The Bertz CT molecular complexity index is 1140. The van der Waals surface area contributed by atoms with E-state index in [4.69, 9.17) is 0 Å². The molecule has 0 aromatic heterocycles. The molecular formula is C27H21NOS. The molecule has 4 rings (SSSR count). The summed E-state index contributed by atoms with van der Waals surface area (Å²) in [5, 5.41) is 3.50. The summed E-state index contributed by atoms with van der Waals surface area (Å²) in [7, 11) is 0. The number of nitrogens with one attached hydrogen (secondary N) is 1. The van der Waals surface area contributed by atoms with Crippen molar-refractivity contribution in [2.75, 3.05) is 5.32 Å². The van der Waals surface area contributed by atoms with Gasteiger partial charge in [-0.2, -0.15) is 0 Å². The summed E-state index contributed by atoms with van der Waals surface area (Å²) >= 11 is 1.69. The molecule has 0 unspecified atom stereocenters. The lowest BCUT2D eigenvalue weighted by Gasteiger charge is -2.15. The fourth-order valence-electron chi connectivity index (χ4n) is 3.05. The highest BCUT2D eigenvalue weighted by molar-refractivity contribution is 7.99. The summed E-state index contributed by atoms with van der Waals surface area (Å²) in [6.07, 6.45) is 1.68. The molecule has 4 aromatic carbocycles. The van der Waals surface area contributed by atoms with E-state index in [0.29, 0.717) is 5.56 Å². The molecule has 0 aliphatic carbocycles. The number of para-hydroxylation sites is 1. The van der Waals surface area contributed by atoms with Crippen LogP contribution in [0.25, 0.3) is 5.70 Å². The third-order valence-electron chi connectivity index (χ3n) is 4.55. The molecule has 2 nitrogen and oxygen atoms in total.